The Bertz CT molecular complexity index is 1270. The van der Waals surface area contributed by atoms with E-state index in [0.29, 0.717) is 27.0 Å². The molecule has 0 unspecified atom stereocenters. The number of sulfonamides is 1. The molecule has 0 saturated carbocycles. The Balaban J connectivity index is 1.63. The summed E-state index contributed by atoms with van der Waals surface area (Å²) in [7, 11) is -3.79. The molecule has 3 aromatic rings. The molecule has 0 radical (unpaired) electrons. The molecule has 10 heteroatoms. The second-order valence-electron chi connectivity index (χ2n) is 8.55. The molecule has 0 aliphatic rings. The van der Waals surface area contributed by atoms with Crippen molar-refractivity contribution in [3.05, 3.63) is 87.9 Å². The van der Waals surface area contributed by atoms with Gasteiger partial charge in [-0.1, -0.05) is 47.5 Å². The van der Waals surface area contributed by atoms with Crippen LogP contribution < -0.4 is 21.1 Å². The lowest BCUT2D eigenvalue weighted by Gasteiger charge is -2.17. The summed E-state index contributed by atoms with van der Waals surface area (Å²) in [6, 6.07) is 17.3. The quantitative estimate of drug-likeness (QED) is 0.344. The van der Waals surface area contributed by atoms with Gasteiger partial charge in [0, 0.05) is 16.9 Å². The standard InChI is InChI=1S/C24H26Cl2N4O3S/c1-15(20-5-4-6-21(25)22(20)26)28-23(31)29-17-11-13-19(14-12-17)34(32,33)30-18-9-7-16(8-10-18)24(2,3)27/h4-15,30H,27H2,1-3H3,(H2,28,29,31)/p+1/t15-/m0/s1. The van der Waals surface area contributed by atoms with Gasteiger partial charge in [-0.2, -0.15) is 0 Å². The van der Waals surface area contributed by atoms with Gasteiger partial charge < -0.3 is 16.4 Å². The number of halogens is 2. The van der Waals surface area contributed by atoms with Crippen LogP contribution in [0.15, 0.2) is 71.6 Å². The minimum Gasteiger partial charge on any atom is -0.349 e. The highest BCUT2D eigenvalue weighted by Gasteiger charge is 2.19. The predicted octanol–water partition coefficient (Wildman–Crippen LogP) is 5.15. The van der Waals surface area contributed by atoms with E-state index in [2.05, 4.69) is 21.1 Å². The second-order valence-corrected chi connectivity index (χ2v) is 11.0. The number of amides is 2. The van der Waals surface area contributed by atoms with Crippen molar-refractivity contribution in [1.29, 1.82) is 0 Å². The number of nitrogens with one attached hydrogen (secondary N) is 3. The summed E-state index contributed by atoms with van der Waals surface area (Å²) >= 11 is 12.2. The van der Waals surface area contributed by atoms with Crippen LogP contribution in [0.25, 0.3) is 0 Å². The van der Waals surface area contributed by atoms with Gasteiger partial charge in [0.2, 0.25) is 0 Å². The number of carbonyl (C=O) groups excluding carboxylic acids is 1. The van der Waals surface area contributed by atoms with Crippen LogP contribution in [0.1, 0.15) is 37.9 Å². The predicted molar refractivity (Wildman–Crippen MR) is 137 cm³/mol. The van der Waals surface area contributed by atoms with Crippen LogP contribution in [-0.2, 0) is 15.6 Å². The summed E-state index contributed by atoms with van der Waals surface area (Å²) in [6.45, 7) is 5.74. The number of hydrogen-bond donors (Lipinski definition) is 4. The number of urea groups is 1. The van der Waals surface area contributed by atoms with E-state index in [1.165, 1.54) is 24.3 Å². The van der Waals surface area contributed by atoms with E-state index in [0.717, 1.165) is 5.56 Å². The fourth-order valence-corrected chi connectivity index (χ4v) is 4.75. The van der Waals surface area contributed by atoms with Crippen LogP contribution in [0.2, 0.25) is 10.0 Å². The molecule has 34 heavy (non-hydrogen) atoms. The molecular weight excluding hydrogens is 495 g/mol. The lowest BCUT2D eigenvalue weighted by Crippen LogP contribution is -2.66. The summed E-state index contributed by atoms with van der Waals surface area (Å²) < 4.78 is 28.0. The Labute approximate surface area is 209 Å². The number of quaternary nitrogens is 1. The third-order valence-corrected chi connectivity index (χ3v) is 7.37. The van der Waals surface area contributed by atoms with Crippen LogP contribution >= 0.6 is 23.2 Å². The molecule has 0 bridgehead atoms. The van der Waals surface area contributed by atoms with Gasteiger partial charge >= 0.3 is 6.03 Å². The lowest BCUT2D eigenvalue weighted by molar-refractivity contribution is -0.475. The van der Waals surface area contributed by atoms with Crippen LogP contribution in [0.5, 0.6) is 0 Å². The number of carbonyl (C=O) groups is 1. The average molecular weight is 522 g/mol. The highest BCUT2D eigenvalue weighted by atomic mass is 35.5. The van der Waals surface area contributed by atoms with E-state index >= 15 is 0 Å². The second kappa shape index (κ2) is 10.2. The minimum atomic E-state index is -3.79. The van der Waals surface area contributed by atoms with Crippen molar-refractivity contribution in [1.82, 2.24) is 5.32 Å². The number of anilines is 2. The van der Waals surface area contributed by atoms with E-state index in [1.807, 2.05) is 26.0 Å². The Kier molecular flexibility index (Phi) is 7.77. The molecule has 3 rings (SSSR count). The molecule has 180 valence electrons. The zero-order valence-electron chi connectivity index (χ0n) is 19.0. The molecule has 6 N–H and O–H groups in total. The summed E-state index contributed by atoms with van der Waals surface area (Å²) in [4.78, 5) is 12.4. The zero-order chi connectivity index (χ0) is 25.1. The fraction of sp³-hybridized carbons (Fsp3) is 0.208. The van der Waals surface area contributed by atoms with Crippen LogP contribution in [-0.4, -0.2) is 14.4 Å². The molecule has 7 nitrogen and oxygen atoms in total. The normalized spacial score (nSPS) is 12.6. The summed E-state index contributed by atoms with van der Waals surface area (Å²) in [5, 5.41) is 6.24. The maximum absolute atomic E-state index is 12.7. The SMILES string of the molecule is C[C@H](NC(=O)Nc1ccc(S(=O)(=O)Nc2ccc(C(C)(C)[NH3+])cc2)cc1)c1cccc(Cl)c1Cl. The molecule has 0 aliphatic heterocycles. The molecule has 0 saturated heterocycles. The zero-order valence-corrected chi connectivity index (χ0v) is 21.4. The Morgan fingerprint density at radius 1 is 0.941 bits per heavy atom. The van der Waals surface area contributed by atoms with Crippen molar-refractivity contribution in [3.63, 3.8) is 0 Å². The van der Waals surface area contributed by atoms with Crippen molar-refractivity contribution in [3.8, 4) is 0 Å². The summed E-state index contributed by atoms with van der Waals surface area (Å²) in [5.74, 6) is 0. The van der Waals surface area contributed by atoms with Crippen LogP contribution in [0.4, 0.5) is 16.2 Å². The third-order valence-electron chi connectivity index (χ3n) is 5.14. The number of hydrogen-bond acceptors (Lipinski definition) is 3. The van der Waals surface area contributed by atoms with Gasteiger partial charge in [-0.25, -0.2) is 13.2 Å². The number of rotatable bonds is 7. The highest BCUT2D eigenvalue weighted by molar-refractivity contribution is 7.92. The molecule has 3 aromatic carbocycles. The van der Waals surface area contributed by atoms with Gasteiger partial charge in [0.25, 0.3) is 10.0 Å². The van der Waals surface area contributed by atoms with Crippen molar-refractivity contribution in [2.75, 3.05) is 10.0 Å². The monoisotopic (exact) mass is 521 g/mol. The highest BCUT2D eigenvalue weighted by Crippen LogP contribution is 2.29. The van der Waals surface area contributed by atoms with Crippen LogP contribution in [0, 0.1) is 0 Å². The van der Waals surface area contributed by atoms with Gasteiger partial charge in [0.05, 0.1) is 21.0 Å². The molecule has 2 amide bonds. The smallest absolute Gasteiger partial charge is 0.319 e. The van der Waals surface area contributed by atoms with Crippen molar-refractivity contribution >= 4 is 50.6 Å². The van der Waals surface area contributed by atoms with Gasteiger partial charge in [0.15, 0.2) is 0 Å². The topological polar surface area (TPSA) is 115 Å². The summed E-state index contributed by atoms with van der Waals surface area (Å²) in [5.41, 5.74) is 6.36. The maximum Gasteiger partial charge on any atom is 0.319 e. The number of benzene rings is 3. The van der Waals surface area contributed by atoms with E-state index in [-0.39, 0.29) is 10.4 Å². The fourth-order valence-electron chi connectivity index (χ4n) is 3.22. The molecule has 1 atom stereocenters. The third kappa shape index (κ3) is 6.42. The van der Waals surface area contributed by atoms with Gasteiger partial charge in [-0.15, -0.1) is 0 Å². The Morgan fingerprint density at radius 2 is 1.53 bits per heavy atom. The first-order valence-electron chi connectivity index (χ1n) is 10.5. The van der Waals surface area contributed by atoms with Crippen molar-refractivity contribution in [2.45, 2.75) is 37.2 Å². The Morgan fingerprint density at radius 3 is 2.12 bits per heavy atom. The first kappa shape index (κ1) is 25.8. The van der Waals surface area contributed by atoms with E-state index in [4.69, 9.17) is 23.2 Å². The summed E-state index contributed by atoms with van der Waals surface area (Å²) in [6.07, 6.45) is 0. The molecule has 0 aliphatic carbocycles. The first-order chi connectivity index (χ1) is 15.9. The van der Waals surface area contributed by atoms with E-state index in [9.17, 15) is 13.2 Å². The first-order valence-corrected chi connectivity index (χ1v) is 12.7. The average Bonchev–Trinajstić information content (AvgIpc) is 2.75. The van der Waals surface area contributed by atoms with Crippen molar-refractivity contribution in [2.24, 2.45) is 0 Å². The lowest BCUT2D eigenvalue weighted by atomic mass is 9.96. The van der Waals surface area contributed by atoms with Gasteiger partial charge in [0.1, 0.15) is 5.54 Å². The molecule has 0 spiro atoms. The Hall–Kier alpha value is -2.78. The van der Waals surface area contributed by atoms with Gasteiger partial charge in [-0.3, -0.25) is 4.72 Å². The molecule has 0 heterocycles. The van der Waals surface area contributed by atoms with Crippen LogP contribution in [0.3, 0.4) is 0 Å². The van der Waals surface area contributed by atoms with Gasteiger partial charge in [-0.05, 0) is 68.8 Å². The molecular formula is C24H27Cl2N4O3S+. The van der Waals surface area contributed by atoms with E-state index in [1.54, 1.807) is 37.3 Å². The molecule has 0 aromatic heterocycles. The largest absolute Gasteiger partial charge is 0.349 e. The van der Waals surface area contributed by atoms with Crippen molar-refractivity contribution < 1.29 is 18.9 Å². The molecule has 0 fully saturated rings. The maximum atomic E-state index is 12.7. The minimum absolute atomic E-state index is 0.0686. The van der Waals surface area contributed by atoms with E-state index < -0.39 is 22.1 Å².